The third-order valence-corrected chi connectivity index (χ3v) is 4.22. The van der Waals surface area contributed by atoms with Crippen molar-refractivity contribution in [3.63, 3.8) is 0 Å². The van der Waals surface area contributed by atoms with Crippen molar-refractivity contribution in [3.05, 3.63) is 51.2 Å². The molecule has 2 aromatic heterocycles. The van der Waals surface area contributed by atoms with Crippen molar-refractivity contribution in [2.45, 2.75) is 118 Å². The summed E-state index contributed by atoms with van der Waals surface area (Å²) in [6.45, 7) is 42.5. The van der Waals surface area contributed by atoms with E-state index in [1.54, 1.807) is 6.08 Å². The van der Waals surface area contributed by atoms with Gasteiger partial charge in [0.15, 0.2) is 0 Å². The standard InChI is InChI=1S/C16H21N.C3H6.5C2H6/c1-8-15-11(4)9(2)13(6)17-14(7)10(3)12(5)16(15)17;1-3-2;5*1-2/h8H,4H2,1-3,5-7H3;3H,1H2,2H3;5*1-2H3/b15-8-;;;;;;. The second-order valence-electron chi connectivity index (χ2n) is 5.32. The van der Waals surface area contributed by atoms with Crippen LogP contribution in [-0.2, 0) is 0 Å². The second-order valence-corrected chi connectivity index (χ2v) is 5.32. The molecule has 0 aliphatic rings. The van der Waals surface area contributed by atoms with Crippen LogP contribution in [0.3, 0.4) is 0 Å². The van der Waals surface area contributed by atoms with Crippen LogP contribution in [0, 0.1) is 34.6 Å². The van der Waals surface area contributed by atoms with Gasteiger partial charge in [-0.2, -0.15) is 0 Å². The van der Waals surface area contributed by atoms with Gasteiger partial charge in [0.05, 0.1) is 5.52 Å². The maximum absolute atomic E-state index is 4.24. The van der Waals surface area contributed by atoms with Gasteiger partial charge in [-0.3, -0.25) is 0 Å². The quantitative estimate of drug-likeness (QED) is 0.375. The molecule has 0 spiro atoms. The second kappa shape index (κ2) is 25.3. The Balaban J connectivity index is -0.000000136. The molecule has 0 radical (unpaired) electrons. The van der Waals surface area contributed by atoms with E-state index >= 15 is 0 Å². The molecule has 0 aromatic carbocycles. The molecule has 2 aromatic rings. The van der Waals surface area contributed by atoms with Gasteiger partial charge < -0.3 is 4.40 Å². The number of nitrogens with zero attached hydrogens (tertiary/aromatic N) is 1. The number of aromatic nitrogens is 1. The molecule has 30 heavy (non-hydrogen) atoms. The first-order valence-electron chi connectivity index (χ1n) is 12.1. The lowest BCUT2D eigenvalue weighted by Gasteiger charge is -2.10. The predicted molar refractivity (Wildman–Crippen MR) is 149 cm³/mol. The number of aryl methyl sites for hydroxylation is 3. The van der Waals surface area contributed by atoms with E-state index in [1.165, 1.54) is 38.8 Å². The molecule has 1 nitrogen and oxygen atoms in total. The number of hydrogen-bond donors (Lipinski definition) is 0. The minimum absolute atomic E-state index is 1.16. The molecule has 0 N–H and O–H groups in total. The van der Waals surface area contributed by atoms with E-state index in [2.05, 4.69) is 65.2 Å². The van der Waals surface area contributed by atoms with Crippen molar-refractivity contribution in [1.29, 1.82) is 0 Å². The number of hydrogen-bond acceptors (Lipinski definition) is 0. The van der Waals surface area contributed by atoms with Gasteiger partial charge in [0.25, 0.3) is 0 Å². The van der Waals surface area contributed by atoms with Crippen LogP contribution in [0.4, 0.5) is 0 Å². The highest BCUT2D eigenvalue weighted by Crippen LogP contribution is 2.20. The van der Waals surface area contributed by atoms with Crippen molar-refractivity contribution in [2.24, 2.45) is 0 Å². The molecule has 2 rings (SSSR count). The fourth-order valence-corrected chi connectivity index (χ4v) is 2.74. The van der Waals surface area contributed by atoms with Crippen molar-refractivity contribution < 1.29 is 0 Å². The zero-order valence-corrected chi connectivity index (χ0v) is 24.0. The highest BCUT2D eigenvalue weighted by molar-refractivity contribution is 5.65. The molecule has 0 unspecified atom stereocenters. The van der Waals surface area contributed by atoms with E-state index in [0.717, 1.165) is 5.22 Å². The van der Waals surface area contributed by atoms with Gasteiger partial charge in [0, 0.05) is 16.6 Å². The summed E-state index contributed by atoms with van der Waals surface area (Å²) in [6, 6.07) is 0. The Morgan fingerprint density at radius 2 is 0.900 bits per heavy atom. The summed E-state index contributed by atoms with van der Waals surface area (Å²) < 4.78 is 2.38. The molecule has 178 valence electrons. The topological polar surface area (TPSA) is 4.41 Å². The lowest BCUT2D eigenvalue weighted by molar-refractivity contribution is 0.997. The zero-order valence-electron chi connectivity index (χ0n) is 24.0. The minimum Gasteiger partial charge on any atom is -0.317 e. The van der Waals surface area contributed by atoms with Crippen LogP contribution in [0.5, 0.6) is 0 Å². The van der Waals surface area contributed by atoms with E-state index in [1.807, 2.05) is 76.2 Å². The average Bonchev–Trinajstić information content (AvgIpc) is 3.04. The summed E-state index contributed by atoms with van der Waals surface area (Å²) in [6.07, 6.45) is 3.93. The Morgan fingerprint density at radius 3 is 1.20 bits per heavy atom. The number of allylic oxidation sites excluding steroid dienone is 1. The van der Waals surface area contributed by atoms with E-state index in [4.69, 9.17) is 0 Å². The summed E-state index contributed by atoms with van der Waals surface area (Å²) in [7, 11) is 0. The van der Waals surface area contributed by atoms with Crippen molar-refractivity contribution in [3.8, 4) is 0 Å². The molecule has 0 aliphatic heterocycles. The molecule has 2 heterocycles. The van der Waals surface area contributed by atoms with Gasteiger partial charge in [-0.25, -0.2) is 0 Å². The maximum Gasteiger partial charge on any atom is 0.0562 e. The first-order valence-corrected chi connectivity index (χ1v) is 12.1. The lowest BCUT2D eigenvalue weighted by Crippen LogP contribution is -2.30. The fraction of sp³-hybridized carbons (Fsp3) is 0.586. The Morgan fingerprint density at radius 1 is 0.600 bits per heavy atom. The van der Waals surface area contributed by atoms with Gasteiger partial charge in [0.2, 0.25) is 0 Å². The van der Waals surface area contributed by atoms with Gasteiger partial charge in [-0.15, -0.1) is 6.58 Å². The van der Waals surface area contributed by atoms with Crippen LogP contribution in [-0.4, -0.2) is 4.40 Å². The third-order valence-electron chi connectivity index (χ3n) is 4.22. The minimum atomic E-state index is 1.16. The predicted octanol–water partition coefficient (Wildman–Crippen LogP) is 9.02. The largest absolute Gasteiger partial charge is 0.317 e. The maximum atomic E-state index is 4.24. The van der Waals surface area contributed by atoms with Crippen LogP contribution in [0.1, 0.15) is 111 Å². The van der Waals surface area contributed by atoms with Crippen LogP contribution in [0.15, 0.2) is 12.7 Å². The number of fused-ring (bicyclic) bond motifs is 1. The SMILES string of the molecule is C=CC.C=c1c(C)c(C)n2c(C)c(C)c(C)c2/c1=C\C.CC.CC.CC.CC.CC. The molecule has 0 aliphatic carbocycles. The van der Waals surface area contributed by atoms with Gasteiger partial charge in [-0.05, 0) is 70.4 Å². The smallest absolute Gasteiger partial charge is 0.0562 e. The molecule has 0 saturated heterocycles. The Kier molecular flexibility index (Phi) is 32.7. The summed E-state index contributed by atoms with van der Waals surface area (Å²) in [5.41, 5.74) is 8.05. The average molecular weight is 420 g/mol. The molecular weight excluding hydrogens is 362 g/mol. The van der Waals surface area contributed by atoms with Gasteiger partial charge >= 0.3 is 0 Å². The monoisotopic (exact) mass is 419 g/mol. The number of pyridine rings is 1. The first-order chi connectivity index (χ1) is 14.3. The van der Waals surface area contributed by atoms with Gasteiger partial charge in [0.1, 0.15) is 0 Å². The fourth-order valence-electron chi connectivity index (χ4n) is 2.74. The lowest BCUT2D eigenvalue weighted by atomic mass is 10.1. The Bertz CT molecular complexity index is 758. The molecule has 0 saturated carbocycles. The van der Waals surface area contributed by atoms with E-state index in [9.17, 15) is 0 Å². The molecule has 0 bridgehead atoms. The molecular formula is C29H57N. The van der Waals surface area contributed by atoms with Crippen molar-refractivity contribution in [1.82, 2.24) is 4.40 Å². The van der Waals surface area contributed by atoms with Gasteiger partial charge in [-0.1, -0.05) is 88.0 Å². The third kappa shape index (κ3) is 10.3. The summed E-state index contributed by atoms with van der Waals surface area (Å²) in [5.74, 6) is 0. The highest BCUT2D eigenvalue weighted by atomic mass is 14.9. The highest BCUT2D eigenvalue weighted by Gasteiger charge is 2.13. The van der Waals surface area contributed by atoms with E-state index < -0.39 is 0 Å². The summed E-state index contributed by atoms with van der Waals surface area (Å²) in [5, 5.41) is 2.44. The van der Waals surface area contributed by atoms with E-state index in [-0.39, 0.29) is 0 Å². The molecule has 0 amide bonds. The summed E-state index contributed by atoms with van der Waals surface area (Å²) in [4.78, 5) is 0. The first kappa shape index (κ1) is 38.8. The van der Waals surface area contributed by atoms with Crippen LogP contribution < -0.4 is 10.4 Å². The van der Waals surface area contributed by atoms with Crippen molar-refractivity contribution in [2.75, 3.05) is 0 Å². The molecule has 1 heteroatoms. The molecule has 0 atom stereocenters. The van der Waals surface area contributed by atoms with Crippen LogP contribution >= 0.6 is 0 Å². The van der Waals surface area contributed by atoms with Crippen molar-refractivity contribution >= 4 is 18.2 Å². The normalized spacial score (nSPS) is 8.63. The molecule has 0 fully saturated rings. The summed E-state index contributed by atoms with van der Waals surface area (Å²) >= 11 is 0. The Labute approximate surface area is 191 Å². The van der Waals surface area contributed by atoms with Crippen LogP contribution in [0.2, 0.25) is 0 Å². The van der Waals surface area contributed by atoms with E-state index in [0.29, 0.717) is 0 Å². The Hall–Kier alpha value is -1.76. The number of rotatable bonds is 0. The zero-order chi connectivity index (χ0) is 25.6. The van der Waals surface area contributed by atoms with Crippen LogP contribution in [0.25, 0.3) is 18.2 Å².